The van der Waals surface area contributed by atoms with E-state index in [2.05, 4.69) is 40.4 Å². The minimum Gasteiger partial charge on any atom is -0.314 e. The van der Waals surface area contributed by atoms with Crippen LogP contribution in [-0.4, -0.2) is 19.1 Å². The molecular weight excluding hydrogens is 271 g/mol. The zero-order valence-corrected chi connectivity index (χ0v) is 11.5. The predicted octanol–water partition coefficient (Wildman–Crippen LogP) is 2.68. The van der Waals surface area contributed by atoms with Gasteiger partial charge in [-0.15, -0.1) is 0 Å². The van der Waals surface area contributed by atoms with E-state index in [0.717, 1.165) is 11.0 Å². The average Bonchev–Trinajstić information content (AvgIpc) is 2.23. The van der Waals surface area contributed by atoms with E-state index in [1.165, 1.54) is 6.07 Å². The second kappa shape index (κ2) is 5.75. The molecule has 0 saturated heterocycles. The molecular formula is C12H18BrFN2. The Labute approximate surface area is 105 Å². The fourth-order valence-electron chi connectivity index (χ4n) is 1.28. The van der Waals surface area contributed by atoms with Crippen LogP contribution in [0.2, 0.25) is 0 Å². The lowest BCUT2D eigenvalue weighted by molar-refractivity contribution is 0.391. The highest BCUT2D eigenvalue weighted by Gasteiger charge is 2.13. The van der Waals surface area contributed by atoms with Crippen LogP contribution in [0.3, 0.4) is 0 Å². The molecule has 16 heavy (non-hydrogen) atoms. The quantitative estimate of drug-likeness (QED) is 0.871. The molecule has 0 unspecified atom stereocenters. The van der Waals surface area contributed by atoms with Crippen LogP contribution in [0, 0.1) is 5.82 Å². The van der Waals surface area contributed by atoms with Crippen LogP contribution in [0.4, 0.5) is 4.39 Å². The molecule has 0 amide bonds. The van der Waals surface area contributed by atoms with E-state index in [1.54, 1.807) is 12.1 Å². The Hall–Kier alpha value is -0.450. The maximum Gasteiger partial charge on any atom is 0.127 e. The van der Waals surface area contributed by atoms with Gasteiger partial charge in [0.05, 0.1) is 0 Å². The molecule has 0 bridgehead atoms. The first-order valence-corrected chi connectivity index (χ1v) is 6.07. The van der Waals surface area contributed by atoms with Crippen LogP contribution in [0.1, 0.15) is 19.4 Å². The average molecular weight is 289 g/mol. The summed E-state index contributed by atoms with van der Waals surface area (Å²) in [4.78, 5) is 0. The lowest BCUT2D eigenvalue weighted by Gasteiger charge is -2.24. The molecule has 1 aromatic rings. The SMILES string of the molecule is CNC(C)(C)CNCc1cc(Br)ccc1F. The van der Waals surface area contributed by atoms with Gasteiger partial charge < -0.3 is 10.6 Å². The van der Waals surface area contributed by atoms with Crippen molar-refractivity contribution in [3.05, 3.63) is 34.1 Å². The summed E-state index contributed by atoms with van der Waals surface area (Å²) in [6.45, 7) is 5.51. The van der Waals surface area contributed by atoms with Gasteiger partial charge in [-0.2, -0.15) is 0 Å². The van der Waals surface area contributed by atoms with Gasteiger partial charge >= 0.3 is 0 Å². The van der Waals surface area contributed by atoms with E-state index in [-0.39, 0.29) is 11.4 Å². The molecule has 0 atom stereocenters. The van der Waals surface area contributed by atoms with Crippen molar-refractivity contribution in [2.45, 2.75) is 25.9 Å². The zero-order chi connectivity index (χ0) is 12.2. The molecule has 0 radical (unpaired) electrons. The molecule has 0 fully saturated rings. The maximum absolute atomic E-state index is 13.4. The maximum atomic E-state index is 13.4. The van der Waals surface area contributed by atoms with Crippen LogP contribution in [0.5, 0.6) is 0 Å². The summed E-state index contributed by atoms with van der Waals surface area (Å²) in [5.41, 5.74) is 0.698. The third kappa shape index (κ3) is 4.20. The van der Waals surface area contributed by atoms with Crippen molar-refractivity contribution in [2.24, 2.45) is 0 Å². The molecule has 0 spiro atoms. The van der Waals surface area contributed by atoms with E-state index in [0.29, 0.717) is 12.1 Å². The summed E-state index contributed by atoms with van der Waals surface area (Å²) in [6, 6.07) is 4.98. The van der Waals surface area contributed by atoms with Crippen LogP contribution in [0.15, 0.2) is 22.7 Å². The highest BCUT2D eigenvalue weighted by atomic mass is 79.9. The number of nitrogens with one attached hydrogen (secondary N) is 2. The van der Waals surface area contributed by atoms with Gasteiger partial charge in [-0.1, -0.05) is 15.9 Å². The largest absolute Gasteiger partial charge is 0.314 e. The summed E-state index contributed by atoms with van der Waals surface area (Å²) >= 11 is 3.33. The van der Waals surface area contributed by atoms with E-state index in [1.807, 2.05) is 7.05 Å². The molecule has 0 aliphatic carbocycles. The number of likely N-dealkylation sites (N-methyl/N-ethyl adjacent to an activating group) is 1. The fourth-order valence-corrected chi connectivity index (χ4v) is 1.69. The van der Waals surface area contributed by atoms with Crippen molar-refractivity contribution < 1.29 is 4.39 Å². The molecule has 2 N–H and O–H groups in total. The predicted molar refractivity (Wildman–Crippen MR) is 68.9 cm³/mol. The Morgan fingerprint density at radius 1 is 1.38 bits per heavy atom. The minimum absolute atomic E-state index is 0.0164. The monoisotopic (exact) mass is 288 g/mol. The molecule has 1 aromatic carbocycles. The summed E-state index contributed by atoms with van der Waals surface area (Å²) in [5.74, 6) is -0.169. The standard InChI is InChI=1S/C12H18BrFN2/c1-12(2,15-3)8-16-7-9-6-10(13)4-5-11(9)14/h4-6,15-16H,7-8H2,1-3H3. The Kier molecular flexibility index (Phi) is 4.89. The number of hydrogen-bond donors (Lipinski definition) is 2. The second-order valence-corrected chi connectivity index (χ2v) is 5.39. The Morgan fingerprint density at radius 2 is 2.06 bits per heavy atom. The van der Waals surface area contributed by atoms with Gasteiger partial charge in [-0.25, -0.2) is 4.39 Å². The number of rotatable bonds is 5. The summed E-state index contributed by atoms with van der Waals surface area (Å²) < 4.78 is 14.3. The lowest BCUT2D eigenvalue weighted by atomic mass is 10.1. The molecule has 1 rings (SSSR count). The van der Waals surface area contributed by atoms with Gasteiger partial charge in [0.25, 0.3) is 0 Å². The lowest BCUT2D eigenvalue weighted by Crippen LogP contribution is -2.45. The Balaban J connectivity index is 2.52. The number of hydrogen-bond acceptors (Lipinski definition) is 2. The van der Waals surface area contributed by atoms with Gasteiger partial charge in [0.15, 0.2) is 0 Å². The highest BCUT2D eigenvalue weighted by Crippen LogP contribution is 2.15. The number of benzene rings is 1. The molecule has 0 aliphatic rings. The first-order chi connectivity index (χ1) is 7.44. The molecule has 0 aromatic heterocycles. The van der Waals surface area contributed by atoms with E-state index >= 15 is 0 Å². The van der Waals surface area contributed by atoms with Crippen molar-refractivity contribution in [1.29, 1.82) is 0 Å². The summed E-state index contributed by atoms with van der Waals surface area (Å²) in [6.07, 6.45) is 0. The van der Waals surface area contributed by atoms with Crippen LogP contribution in [-0.2, 0) is 6.54 Å². The van der Waals surface area contributed by atoms with Gasteiger partial charge in [0, 0.05) is 28.7 Å². The van der Waals surface area contributed by atoms with E-state index in [4.69, 9.17) is 0 Å². The topological polar surface area (TPSA) is 24.1 Å². The van der Waals surface area contributed by atoms with Gasteiger partial charge in [-0.3, -0.25) is 0 Å². The van der Waals surface area contributed by atoms with Crippen LogP contribution in [0.25, 0.3) is 0 Å². The normalized spacial score (nSPS) is 11.8. The molecule has 2 nitrogen and oxygen atoms in total. The molecule has 0 saturated carbocycles. The fraction of sp³-hybridized carbons (Fsp3) is 0.500. The van der Waals surface area contributed by atoms with E-state index in [9.17, 15) is 4.39 Å². The van der Waals surface area contributed by atoms with Crippen LogP contribution >= 0.6 is 15.9 Å². The Morgan fingerprint density at radius 3 is 2.69 bits per heavy atom. The second-order valence-electron chi connectivity index (χ2n) is 4.47. The van der Waals surface area contributed by atoms with Crippen molar-refractivity contribution in [3.63, 3.8) is 0 Å². The molecule has 90 valence electrons. The van der Waals surface area contributed by atoms with E-state index < -0.39 is 0 Å². The third-order valence-corrected chi connectivity index (χ3v) is 3.06. The summed E-state index contributed by atoms with van der Waals surface area (Å²) in [5, 5.41) is 6.43. The zero-order valence-electron chi connectivity index (χ0n) is 9.90. The van der Waals surface area contributed by atoms with Crippen molar-refractivity contribution in [3.8, 4) is 0 Å². The van der Waals surface area contributed by atoms with Gasteiger partial charge in [0.1, 0.15) is 5.82 Å². The van der Waals surface area contributed by atoms with Crippen molar-refractivity contribution in [1.82, 2.24) is 10.6 Å². The Bertz CT molecular complexity index is 353. The smallest absolute Gasteiger partial charge is 0.127 e. The molecule has 0 aliphatic heterocycles. The molecule has 0 heterocycles. The first-order valence-electron chi connectivity index (χ1n) is 5.28. The highest BCUT2D eigenvalue weighted by molar-refractivity contribution is 9.10. The van der Waals surface area contributed by atoms with Crippen LogP contribution < -0.4 is 10.6 Å². The first kappa shape index (κ1) is 13.6. The van der Waals surface area contributed by atoms with Crippen molar-refractivity contribution in [2.75, 3.05) is 13.6 Å². The number of halogens is 2. The summed E-state index contributed by atoms with van der Waals surface area (Å²) in [7, 11) is 1.92. The van der Waals surface area contributed by atoms with Crippen molar-refractivity contribution >= 4 is 15.9 Å². The molecule has 4 heteroatoms. The van der Waals surface area contributed by atoms with Gasteiger partial charge in [-0.05, 0) is 39.1 Å². The van der Waals surface area contributed by atoms with Gasteiger partial charge in [0.2, 0.25) is 0 Å². The minimum atomic E-state index is -0.169. The third-order valence-electron chi connectivity index (χ3n) is 2.57.